The largest absolute Gasteiger partial charge is 0.288 e. The van der Waals surface area contributed by atoms with Crippen LogP contribution in [0.4, 0.5) is 0 Å². The van der Waals surface area contributed by atoms with E-state index >= 15 is 0 Å². The summed E-state index contributed by atoms with van der Waals surface area (Å²) in [6, 6.07) is 25.8. The number of amides is 2. The van der Waals surface area contributed by atoms with Crippen LogP contribution in [0.1, 0.15) is 20.7 Å². The zero-order valence-electron chi connectivity index (χ0n) is 14.7. The van der Waals surface area contributed by atoms with Crippen molar-refractivity contribution in [3.05, 3.63) is 93.6 Å². The van der Waals surface area contributed by atoms with Crippen LogP contribution in [0.3, 0.4) is 0 Å². The minimum absolute atomic E-state index is 0.337. The van der Waals surface area contributed by atoms with Crippen molar-refractivity contribution in [2.45, 2.75) is 0 Å². The molecule has 0 saturated heterocycles. The minimum Gasteiger partial charge on any atom is -0.288 e. The summed E-state index contributed by atoms with van der Waals surface area (Å²) in [5.74, 6) is -0.673. The summed E-state index contributed by atoms with van der Waals surface area (Å²) in [4.78, 5) is 25.6. The fraction of sp³-hybridized carbons (Fsp3) is 0. The van der Waals surface area contributed by atoms with Crippen LogP contribution in [0.15, 0.2) is 78.9 Å². The Morgan fingerprint density at radius 1 is 0.536 bits per heavy atom. The molecule has 3 nitrogen and oxygen atoms in total. The van der Waals surface area contributed by atoms with Crippen LogP contribution in [0, 0.1) is 3.57 Å². The molecule has 5 rings (SSSR count). The van der Waals surface area contributed by atoms with Crippen molar-refractivity contribution >= 4 is 45.2 Å². The maximum absolute atomic E-state index is 12.8. The van der Waals surface area contributed by atoms with Gasteiger partial charge in [0.2, 0.25) is 0 Å². The summed E-state index contributed by atoms with van der Waals surface area (Å²) in [5.41, 5.74) is 4.40. The zero-order valence-corrected chi connectivity index (χ0v) is 16.9. The molecule has 1 aliphatic rings. The van der Waals surface area contributed by atoms with Crippen molar-refractivity contribution in [2.24, 2.45) is 0 Å². The molecule has 1 heterocycles. The normalized spacial score (nSPS) is 12.9. The van der Waals surface area contributed by atoms with E-state index < -0.39 is 0 Å². The number of rotatable bonds is 2. The van der Waals surface area contributed by atoms with Crippen LogP contribution in [-0.2, 0) is 0 Å². The molecule has 0 saturated carbocycles. The SMILES string of the molecule is O=C1NC(=O)c2c1c(-c1ccccc1)c1ccccc1c2-c1ccc(I)cc1. The van der Waals surface area contributed by atoms with Gasteiger partial charge in [-0.15, -0.1) is 0 Å². The predicted molar refractivity (Wildman–Crippen MR) is 119 cm³/mol. The number of fused-ring (bicyclic) bond motifs is 2. The molecular weight excluding hydrogens is 461 g/mol. The predicted octanol–water partition coefficient (Wildman–Crippen LogP) is 5.66. The van der Waals surface area contributed by atoms with E-state index in [1.807, 2.05) is 78.9 Å². The molecule has 4 aromatic carbocycles. The highest BCUT2D eigenvalue weighted by molar-refractivity contribution is 14.1. The smallest absolute Gasteiger partial charge is 0.259 e. The summed E-state index contributed by atoms with van der Waals surface area (Å²) in [6.07, 6.45) is 0. The van der Waals surface area contributed by atoms with Gasteiger partial charge in [-0.1, -0.05) is 66.7 Å². The summed E-state index contributed by atoms with van der Waals surface area (Å²) >= 11 is 2.26. The van der Waals surface area contributed by atoms with Gasteiger partial charge in [0, 0.05) is 14.7 Å². The maximum atomic E-state index is 12.8. The molecule has 0 unspecified atom stereocenters. The highest BCUT2D eigenvalue weighted by Gasteiger charge is 2.35. The third kappa shape index (κ3) is 2.56. The van der Waals surface area contributed by atoms with Crippen LogP contribution < -0.4 is 5.32 Å². The summed E-state index contributed by atoms with van der Waals surface area (Å²) in [7, 11) is 0. The van der Waals surface area contributed by atoms with Crippen molar-refractivity contribution in [3.63, 3.8) is 0 Å². The van der Waals surface area contributed by atoms with Crippen LogP contribution in [0.25, 0.3) is 33.0 Å². The number of benzene rings is 4. The molecule has 4 heteroatoms. The molecule has 1 N–H and O–H groups in total. The Labute approximate surface area is 175 Å². The molecule has 0 bridgehead atoms. The molecule has 0 aliphatic carbocycles. The Balaban J connectivity index is 1.99. The molecule has 0 aromatic heterocycles. The molecule has 2 amide bonds. The van der Waals surface area contributed by atoms with Gasteiger partial charge in [0.15, 0.2) is 0 Å². The van der Waals surface area contributed by atoms with Crippen molar-refractivity contribution in [1.29, 1.82) is 0 Å². The van der Waals surface area contributed by atoms with Gasteiger partial charge in [-0.05, 0) is 56.6 Å². The molecule has 0 fully saturated rings. The van der Waals surface area contributed by atoms with Gasteiger partial charge in [-0.3, -0.25) is 14.9 Å². The van der Waals surface area contributed by atoms with Gasteiger partial charge in [0.05, 0.1) is 11.1 Å². The quantitative estimate of drug-likeness (QED) is 0.300. The third-order valence-electron chi connectivity index (χ3n) is 5.09. The lowest BCUT2D eigenvalue weighted by Crippen LogP contribution is -2.20. The molecule has 0 atom stereocenters. The second kappa shape index (κ2) is 6.56. The van der Waals surface area contributed by atoms with Gasteiger partial charge < -0.3 is 0 Å². The molecule has 28 heavy (non-hydrogen) atoms. The Morgan fingerprint density at radius 3 is 1.54 bits per heavy atom. The number of carbonyl (C=O) groups is 2. The van der Waals surface area contributed by atoms with Gasteiger partial charge in [0.1, 0.15) is 0 Å². The van der Waals surface area contributed by atoms with Gasteiger partial charge in [0.25, 0.3) is 11.8 Å². The highest BCUT2D eigenvalue weighted by Crippen LogP contribution is 2.43. The first-order valence-corrected chi connectivity index (χ1v) is 9.99. The lowest BCUT2D eigenvalue weighted by Gasteiger charge is -2.17. The van der Waals surface area contributed by atoms with Crippen LogP contribution >= 0.6 is 22.6 Å². The Kier molecular flexibility index (Phi) is 4.02. The molecule has 1 aliphatic heterocycles. The fourth-order valence-corrected chi connectivity index (χ4v) is 4.30. The molecule has 134 valence electrons. The van der Waals surface area contributed by atoms with Crippen molar-refractivity contribution in [1.82, 2.24) is 5.32 Å². The van der Waals surface area contributed by atoms with Gasteiger partial charge in [-0.2, -0.15) is 0 Å². The molecular formula is C24H14INO2. The average Bonchev–Trinajstić information content (AvgIpc) is 3.01. The van der Waals surface area contributed by atoms with E-state index in [0.717, 1.165) is 36.6 Å². The maximum Gasteiger partial charge on any atom is 0.259 e. The first-order valence-electron chi connectivity index (χ1n) is 8.91. The van der Waals surface area contributed by atoms with E-state index in [4.69, 9.17) is 0 Å². The summed E-state index contributed by atoms with van der Waals surface area (Å²) < 4.78 is 1.11. The van der Waals surface area contributed by atoms with Crippen LogP contribution in [0.5, 0.6) is 0 Å². The monoisotopic (exact) mass is 475 g/mol. The molecule has 0 radical (unpaired) electrons. The zero-order chi connectivity index (χ0) is 19.3. The fourth-order valence-electron chi connectivity index (χ4n) is 3.94. The second-order valence-electron chi connectivity index (χ2n) is 6.70. The first kappa shape index (κ1) is 17.1. The number of imide groups is 1. The Morgan fingerprint density at radius 2 is 1.00 bits per heavy atom. The lowest BCUT2D eigenvalue weighted by atomic mass is 9.84. The van der Waals surface area contributed by atoms with E-state index in [-0.39, 0.29) is 11.8 Å². The number of halogens is 1. The Hall–Kier alpha value is -2.99. The average molecular weight is 475 g/mol. The van der Waals surface area contributed by atoms with Crippen LogP contribution in [-0.4, -0.2) is 11.8 Å². The lowest BCUT2D eigenvalue weighted by molar-refractivity contribution is 0.0880. The number of hydrogen-bond donors (Lipinski definition) is 1. The number of carbonyl (C=O) groups excluding carboxylic acids is 2. The van der Waals surface area contributed by atoms with E-state index in [0.29, 0.717) is 11.1 Å². The molecule has 4 aromatic rings. The van der Waals surface area contributed by atoms with Gasteiger partial charge >= 0.3 is 0 Å². The summed E-state index contributed by atoms with van der Waals surface area (Å²) in [6.45, 7) is 0. The Bertz CT molecular complexity index is 1260. The highest BCUT2D eigenvalue weighted by atomic mass is 127. The standard InChI is InChI=1S/C24H14INO2/c25-16-12-10-15(11-13-16)20-18-9-5-4-8-17(18)19(14-6-2-1-3-7-14)21-22(20)24(28)26-23(21)27/h1-13H,(H,26,27,28). The van der Waals surface area contributed by atoms with E-state index in [1.165, 1.54) is 0 Å². The first-order chi connectivity index (χ1) is 13.6. The van der Waals surface area contributed by atoms with Crippen LogP contribution in [0.2, 0.25) is 0 Å². The van der Waals surface area contributed by atoms with E-state index in [9.17, 15) is 9.59 Å². The second-order valence-corrected chi connectivity index (χ2v) is 7.95. The number of hydrogen-bond acceptors (Lipinski definition) is 2. The van der Waals surface area contributed by atoms with Crippen molar-refractivity contribution in [3.8, 4) is 22.3 Å². The summed E-state index contributed by atoms with van der Waals surface area (Å²) in [5, 5.41) is 4.44. The van der Waals surface area contributed by atoms with E-state index in [2.05, 4.69) is 27.9 Å². The van der Waals surface area contributed by atoms with E-state index in [1.54, 1.807) is 0 Å². The third-order valence-corrected chi connectivity index (χ3v) is 5.81. The van der Waals surface area contributed by atoms with Crippen molar-refractivity contribution in [2.75, 3.05) is 0 Å². The van der Waals surface area contributed by atoms with Crippen molar-refractivity contribution < 1.29 is 9.59 Å². The topological polar surface area (TPSA) is 46.2 Å². The molecule has 0 spiro atoms. The van der Waals surface area contributed by atoms with Gasteiger partial charge in [-0.25, -0.2) is 0 Å². The number of nitrogens with one attached hydrogen (secondary N) is 1. The minimum atomic E-state index is -0.337.